The fraction of sp³-hybridized carbons (Fsp3) is 0.250. The molecule has 0 saturated carbocycles. The first-order valence-corrected chi connectivity index (χ1v) is 14.7. The Balaban J connectivity index is 1.46. The Bertz CT molecular complexity index is 1630. The van der Waals surface area contributed by atoms with Gasteiger partial charge < -0.3 is 20.1 Å². The summed E-state index contributed by atoms with van der Waals surface area (Å²) < 4.78 is 5.36. The molecule has 1 aliphatic heterocycles. The van der Waals surface area contributed by atoms with Crippen LogP contribution in [0.3, 0.4) is 0 Å². The van der Waals surface area contributed by atoms with Gasteiger partial charge in [-0.3, -0.25) is 14.9 Å². The van der Waals surface area contributed by atoms with Crippen molar-refractivity contribution in [2.24, 2.45) is 0 Å². The van der Waals surface area contributed by atoms with E-state index in [2.05, 4.69) is 22.8 Å². The SMILES string of the molecule is CC(C)(C)OC(=O)NCc1cccc(C2NC(CC(=O)O)C(=O)N(Cc3ccc(-c4ccccc4)cc3)c3ccccc32)c1. The van der Waals surface area contributed by atoms with E-state index in [0.717, 1.165) is 33.4 Å². The maximum absolute atomic E-state index is 14.0. The number of fused-ring (bicyclic) bond motifs is 1. The van der Waals surface area contributed by atoms with E-state index in [4.69, 9.17) is 4.74 Å². The second kappa shape index (κ2) is 13.1. The van der Waals surface area contributed by atoms with Gasteiger partial charge >= 0.3 is 12.1 Å². The van der Waals surface area contributed by atoms with Crippen LogP contribution in [0.4, 0.5) is 10.5 Å². The summed E-state index contributed by atoms with van der Waals surface area (Å²) in [6, 6.07) is 32.0. The van der Waals surface area contributed by atoms with Crippen LogP contribution in [0.1, 0.15) is 55.5 Å². The number of carbonyl (C=O) groups excluding carboxylic acids is 2. The topological polar surface area (TPSA) is 108 Å². The quantitative estimate of drug-likeness (QED) is 0.217. The number of nitrogens with one attached hydrogen (secondary N) is 2. The maximum atomic E-state index is 14.0. The van der Waals surface area contributed by atoms with Gasteiger partial charge in [0.15, 0.2) is 0 Å². The number of amides is 2. The number of benzene rings is 4. The largest absolute Gasteiger partial charge is 0.481 e. The van der Waals surface area contributed by atoms with E-state index >= 15 is 0 Å². The van der Waals surface area contributed by atoms with Gasteiger partial charge in [-0.2, -0.15) is 0 Å². The van der Waals surface area contributed by atoms with E-state index < -0.39 is 29.7 Å². The average molecular weight is 592 g/mol. The van der Waals surface area contributed by atoms with Gasteiger partial charge in [-0.05, 0) is 60.2 Å². The summed E-state index contributed by atoms with van der Waals surface area (Å²) in [7, 11) is 0. The van der Waals surface area contributed by atoms with Crippen LogP contribution in [0.25, 0.3) is 11.1 Å². The first-order chi connectivity index (χ1) is 21.1. The molecule has 0 aliphatic carbocycles. The summed E-state index contributed by atoms with van der Waals surface area (Å²) in [6.45, 7) is 5.95. The van der Waals surface area contributed by atoms with Crippen LogP contribution in [-0.2, 0) is 27.4 Å². The summed E-state index contributed by atoms with van der Waals surface area (Å²) in [6.07, 6.45) is -0.882. The second-order valence-electron chi connectivity index (χ2n) is 11.9. The third kappa shape index (κ3) is 7.51. The van der Waals surface area contributed by atoms with Crippen LogP contribution < -0.4 is 15.5 Å². The van der Waals surface area contributed by atoms with Crippen molar-refractivity contribution in [3.63, 3.8) is 0 Å². The number of carboxylic acids is 1. The average Bonchev–Trinajstić information content (AvgIpc) is 3.11. The highest BCUT2D eigenvalue weighted by atomic mass is 16.6. The Kier molecular flexibility index (Phi) is 9.11. The fourth-order valence-corrected chi connectivity index (χ4v) is 5.39. The number of alkyl carbamates (subject to hydrolysis) is 1. The molecule has 3 N–H and O–H groups in total. The molecule has 8 nitrogen and oxygen atoms in total. The van der Waals surface area contributed by atoms with Gasteiger partial charge in [0, 0.05) is 12.2 Å². The summed E-state index contributed by atoms with van der Waals surface area (Å²) in [4.78, 5) is 39.9. The summed E-state index contributed by atoms with van der Waals surface area (Å²) in [5.74, 6) is -1.37. The highest BCUT2D eigenvalue weighted by Gasteiger charge is 2.36. The van der Waals surface area contributed by atoms with Crippen molar-refractivity contribution in [1.29, 1.82) is 0 Å². The number of hydrogen-bond donors (Lipinski definition) is 3. The molecule has 44 heavy (non-hydrogen) atoms. The van der Waals surface area contributed by atoms with E-state index in [1.54, 1.807) is 25.7 Å². The van der Waals surface area contributed by atoms with Crippen molar-refractivity contribution in [3.05, 3.63) is 125 Å². The van der Waals surface area contributed by atoms with Gasteiger partial charge in [-0.15, -0.1) is 0 Å². The zero-order chi connectivity index (χ0) is 31.3. The standard InChI is InChI=1S/C36H37N3O5/c1-36(2,3)44-35(43)37-22-25-10-9-13-28(20-25)33-29-14-7-8-15-31(29)39(34(42)30(38-33)21-32(40)41)23-24-16-18-27(19-17-24)26-11-5-4-6-12-26/h4-20,30,33,38H,21-23H2,1-3H3,(H,37,43)(H,40,41). The lowest BCUT2D eigenvalue weighted by molar-refractivity contribution is -0.139. The Morgan fingerprint density at radius 1 is 0.864 bits per heavy atom. The maximum Gasteiger partial charge on any atom is 0.407 e. The highest BCUT2D eigenvalue weighted by Crippen LogP contribution is 2.36. The van der Waals surface area contributed by atoms with E-state index in [0.29, 0.717) is 5.69 Å². The number of rotatable bonds is 8. The van der Waals surface area contributed by atoms with E-state index in [-0.39, 0.29) is 25.4 Å². The first kappa shape index (κ1) is 30.5. The van der Waals surface area contributed by atoms with Crippen LogP contribution in [0.15, 0.2) is 103 Å². The summed E-state index contributed by atoms with van der Waals surface area (Å²) in [5.41, 5.74) is 5.75. The third-order valence-corrected chi connectivity index (χ3v) is 7.37. The monoisotopic (exact) mass is 591 g/mol. The van der Waals surface area contributed by atoms with Crippen LogP contribution in [0.2, 0.25) is 0 Å². The van der Waals surface area contributed by atoms with Gasteiger partial charge in [0.05, 0.1) is 25.0 Å². The zero-order valence-electron chi connectivity index (χ0n) is 25.1. The van der Waals surface area contributed by atoms with Crippen molar-refractivity contribution < 1.29 is 24.2 Å². The zero-order valence-corrected chi connectivity index (χ0v) is 25.1. The number of hydrogen-bond acceptors (Lipinski definition) is 5. The summed E-state index contributed by atoms with van der Waals surface area (Å²) in [5, 5.41) is 15.9. The van der Waals surface area contributed by atoms with E-state index in [1.807, 2.05) is 91.0 Å². The lowest BCUT2D eigenvalue weighted by Gasteiger charge is -2.25. The number of anilines is 1. The molecule has 2 unspecified atom stereocenters. The number of nitrogens with zero attached hydrogens (tertiary/aromatic N) is 1. The molecule has 0 spiro atoms. The number of aliphatic carboxylic acids is 1. The Hall–Kier alpha value is -4.95. The first-order valence-electron chi connectivity index (χ1n) is 14.7. The molecular formula is C36H37N3O5. The molecule has 1 aliphatic rings. The molecule has 0 bridgehead atoms. The molecule has 226 valence electrons. The molecule has 4 aromatic rings. The highest BCUT2D eigenvalue weighted by molar-refractivity contribution is 6.00. The molecule has 1 heterocycles. The number of carbonyl (C=O) groups is 3. The molecule has 0 radical (unpaired) electrons. The van der Waals surface area contributed by atoms with Crippen LogP contribution in [-0.4, -0.2) is 34.7 Å². The van der Waals surface area contributed by atoms with Gasteiger partial charge in [-0.1, -0.05) is 97.1 Å². The second-order valence-corrected chi connectivity index (χ2v) is 11.9. The minimum absolute atomic E-state index is 0.250. The lowest BCUT2D eigenvalue weighted by atomic mass is 9.95. The minimum Gasteiger partial charge on any atom is -0.481 e. The number of para-hydroxylation sites is 1. The molecule has 8 heteroatoms. The van der Waals surface area contributed by atoms with Crippen molar-refractivity contribution in [1.82, 2.24) is 10.6 Å². The Labute approximate surface area is 257 Å². The van der Waals surface area contributed by atoms with Gasteiger partial charge in [0.2, 0.25) is 5.91 Å². The molecule has 0 aromatic heterocycles. The van der Waals surface area contributed by atoms with Crippen molar-refractivity contribution in [3.8, 4) is 11.1 Å². The molecule has 0 fully saturated rings. The number of ether oxygens (including phenoxy) is 1. The fourth-order valence-electron chi connectivity index (χ4n) is 5.39. The van der Waals surface area contributed by atoms with Gasteiger partial charge in [0.1, 0.15) is 5.60 Å². The molecule has 2 atom stereocenters. The van der Waals surface area contributed by atoms with Gasteiger partial charge in [-0.25, -0.2) is 4.79 Å². The minimum atomic E-state index is -1.07. The van der Waals surface area contributed by atoms with E-state index in [9.17, 15) is 19.5 Å². The van der Waals surface area contributed by atoms with Crippen LogP contribution in [0, 0.1) is 0 Å². The molecule has 0 saturated heterocycles. The van der Waals surface area contributed by atoms with Crippen molar-refractivity contribution >= 4 is 23.7 Å². The summed E-state index contributed by atoms with van der Waals surface area (Å²) >= 11 is 0. The lowest BCUT2D eigenvalue weighted by Crippen LogP contribution is -2.46. The molecule has 4 aromatic carbocycles. The molecule has 5 rings (SSSR count). The van der Waals surface area contributed by atoms with Crippen LogP contribution in [0.5, 0.6) is 0 Å². The number of carboxylic acid groups (broad SMARTS) is 1. The predicted octanol–water partition coefficient (Wildman–Crippen LogP) is 6.45. The van der Waals surface area contributed by atoms with E-state index in [1.165, 1.54) is 0 Å². The Morgan fingerprint density at radius 3 is 2.25 bits per heavy atom. The third-order valence-electron chi connectivity index (χ3n) is 7.37. The van der Waals surface area contributed by atoms with Gasteiger partial charge in [0.25, 0.3) is 0 Å². The molecular weight excluding hydrogens is 554 g/mol. The smallest absolute Gasteiger partial charge is 0.407 e. The normalized spacial score (nSPS) is 16.5. The van der Waals surface area contributed by atoms with Crippen LogP contribution >= 0.6 is 0 Å². The molecule has 2 amide bonds. The van der Waals surface area contributed by atoms with Crippen molar-refractivity contribution in [2.45, 2.75) is 58.0 Å². The Morgan fingerprint density at radius 2 is 1.55 bits per heavy atom. The van der Waals surface area contributed by atoms with Crippen molar-refractivity contribution in [2.75, 3.05) is 4.90 Å². The predicted molar refractivity (Wildman–Crippen MR) is 170 cm³/mol.